The molecule has 2 N–H and O–H groups in total. The van der Waals surface area contributed by atoms with Gasteiger partial charge in [-0.3, -0.25) is 0 Å². The van der Waals surface area contributed by atoms with Crippen LogP contribution in [0.3, 0.4) is 0 Å². The molecule has 1 atom stereocenters. The van der Waals surface area contributed by atoms with Gasteiger partial charge < -0.3 is 5.73 Å². The van der Waals surface area contributed by atoms with Gasteiger partial charge in [-0.25, -0.2) is 8.78 Å². The lowest BCUT2D eigenvalue weighted by molar-refractivity contribution is 0.117. The van der Waals surface area contributed by atoms with Crippen LogP contribution in [-0.4, -0.2) is 6.43 Å². The van der Waals surface area contributed by atoms with E-state index < -0.39 is 12.5 Å². The molecular formula is C6H6BrF2NS. The average Bonchev–Trinajstić information content (AvgIpc) is 2.33. The van der Waals surface area contributed by atoms with Crippen LogP contribution in [0.15, 0.2) is 15.9 Å². The van der Waals surface area contributed by atoms with Crippen LogP contribution >= 0.6 is 27.3 Å². The third kappa shape index (κ3) is 1.98. The zero-order chi connectivity index (χ0) is 8.43. The molecule has 11 heavy (non-hydrogen) atoms. The Hall–Kier alpha value is -0.0000000000000000555. The lowest BCUT2D eigenvalue weighted by atomic mass is 10.3. The van der Waals surface area contributed by atoms with Gasteiger partial charge in [-0.1, -0.05) is 0 Å². The van der Waals surface area contributed by atoms with Gasteiger partial charge in [0.05, 0.1) is 0 Å². The minimum atomic E-state index is -2.50. The molecule has 0 unspecified atom stereocenters. The third-order valence-electron chi connectivity index (χ3n) is 1.22. The summed E-state index contributed by atoms with van der Waals surface area (Å²) in [5, 5.41) is 1.72. The zero-order valence-corrected chi connectivity index (χ0v) is 7.83. The van der Waals surface area contributed by atoms with Crippen molar-refractivity contribution in [2.75, 3.05) is 0 Å². The summed E-state index contributed by atoms with van der Waals surface area (Å²) < 4.78 is 24.7. The van der Waals surface area contributed by atoms with Crippen LogP contribution in [0, 0.1) is 0 Å². The predicted octanol–water partition coefficient (Wildman–Crippen LogP) is 2.78. The number of hydrogen-bond donors (Lipinski definition) is 1. The number of thiophene rings is 1. The Morgan fingerprint density at radius 1 is 1.55 bits per heavy atom. The summed E-state index contributed by atoms with van der Waals surface area (Å²) in [5.74, 6) is 0. The van der Waals surface area contributed by atoms with Crippen LogP contribution in [0.4, 0.5) is 8.78 Å². The maximum absolute atomic E-state index is 12.0. The van der Waals surface area contributed by atoms with E-state index in [0.29, 0.717) is 9.35 Å². The lowest BCUT2D eigenvalue weighted by Gasteiger charge is -2.07. The molecule has 0 fully saturated rings. The normalized spacial score (nSPS) is 13.9. The molecule has 1 aromatic rings. The molecule has 0 spiro atoms. The van der Waals surface area contributed by atoms with E-state index in [1.807, 2.05) is 0 Å². The van der Waals surface area contributed by atoms with Crippen LogP contribution in [0.2, 0.25) is 0 Å². The molecule has 0 aromatic carbocycles. The van der Waals surface area contributed by atoms with Crippen LogP contribution < -0.4 is 5.73 Å². The van der Waals surface area contributed by atoms with Crippen LogP contribution in [0.1, 0.15) is 10.9 Å². The van der Waals surface area contributed by atoms with Crippen molar-refractivity contribution in [3.05, 3.63) is 20.8 Å². The first-order valence-corrected chi connectivity index (χ1v) is 4.57. The van der Waals surface area contributed by atoms with Gasteiger partial charge in [-0.15, -0.1) is 11.3 Å². The van der Waals surface area contributed by atoms with E-state index in [2.05, 4.69) is 15.9 Å². The Balaban J connectivity index is 2.84. The molecule has 1 aromatic heterocycles. The van der Waals surface area contributed by atoms with E-state index in [0.717, 1.165) is 0 Å². The average molecular weight is 242 g/mol. The summed E-state index contributed by atoms with van der Waals surface area (Å²) in [6, 6.07) is 0.548. The molecule has 5 heteroatoms. The van der Waals surface area contributed by atoms with E-state index in [9.17, 15) is 8.78 Å². The Labute approximate surface area is 75.3 Å². The highest BCUT2D eigenvalue weighted by atomic mass is 79.9. The number of rotatable bonds is 2. The highest BCUT2D eigenvalue weighted by Gasteiger charge is 2.20. The highest BCUT2D eigenvalue weighted by Crippen LogP contribution is 2.30. The summed E-state index contributed by atoms with van der Waals surface area (Å²) >= 11 is 4.37. The predicted molar refractivity (Wildman–Crippen MR) is 45.0 cm³/mol. The van der Waals surface area contributed by atoms with E-state index in [1.165, 1.54) is 11.3 Å². The number of alkyl halides is 2. The van der Waals surface area contributed by atoms with Gasteiger partial charge in [0.25, 0.3) is 6.43 Å². The molecule has 0 radical (unpaired) electrons. The van der Waals surface area contributed by atoms with Gasteiger partial charge in [0.15, 0.2) is 0 Å². The fraction of sp³-hybridized carbons (Fsp3) is 0.333. The summed E-state index contributed by atoms with van der Waals surface area (Å²) in [6.07, 6.45) is -2.50. The number of nitrogens with two attached hydrogens (primary N) is 1. The number of halogens is 3. The molecule has 0 amide bonds. The van der Waals surface area contributed by atoms with E-state index in [-0.39, 0.29) is 0 Å². The smallest absolute Gasteiger partial charge is 0.258 e. The number of hydrogen-bond acceptors (Lipinski definition) is 2. The van der Waals surface area contributed by atoms with Crippen molar-refractivity contribution in [2.24, 2.45) is 5.73 Å². The summed E-state index contributed by atoms with van der Waals surface area (Å²) in [6.45, 7) is 0. The van der Waals surface area contributed by atoms with Gasteiger partial charge in [0.1, 0.15) is 6.04 Å². The van der Waals surface area contributed by atoms with Crippen molar-refractivity contribution in [1.82, 2.24) is 0 Å². The third-order valence-corrected chi connectivity index (χ3v) is 3.19. The van der Waals surface area contributed by atoms with Crippen molar-refractivity contribution in [3.8, 4) is 0 Å². The van der Waals surface area contributed by atoms with Gasteiger partial charge in [-0.05, 0) is 27.4 Å². The van der Waals surface area contributed by atoms with Crippen LogP contribution in [0.25, 0.3) is 0 Å². The fourth-order valence-electron chi connectivity index (χ4n) is 0.658. The van der Waals surface area contributed by atoms with Gasteiger partial charge in [0, 0.05) is 9.35 Å². The first-order valence-electron chi connectivity index (χ1n) is 2.89. The fourth-order valence-corrected chi connectivity index (χ4v) is 2.30. The van der Waals surface area contributed by atoms with Crippen LogP contribution in [-0.2, 0) is 0 Å². The summed E-state index contributed by atoms with van der Waals surface area (Å²) in [4.78, 5) is 0.500. The first kappa shape index (κ1) is 9.09. The van der Waals surface area contributed by atoms with Crippen molar-refractivity contribution >= 4 is 27.3 Å². The molecule has 0 saturated carbocycles. The quantitative estimate of drug-likeness (QED) is 0.847. The monoisotopic (exact) mass is 241 g/mol. The van der Waals surface area contributed by atoms with Gasteiger partial charge in [-0.2, -0.15) is 0 Å². The SMILES string of the molecule is N[C@H](c1sccc1Br)C(F)F. The summed E-state index contributed by atoms with van der Waals surface area (Å²) in [5.41, 5.74) is 5.21. The molecule has 1 nitrogen and oxygen atoms in total. The molecule has 0 saturated heterocycles. The van der Waals surface area contributed by atoms with E-state index in [1.54, 1.807) is 11.4 Å². The topological polar surface area (TPSA) is 26.0 Å². The highest BCUT2D eigenvalue weighted by molar-refractivity contribution is 9.10. The van der Waals surface area contributed by atoms with E-state index in [4.69, 9.17) is 5.73 Å². The van der Waals surface area contributed by atoms with Crippen molar-refractivity contribution in [3.63, 3.8) is 0 Å². The molecule has 0 bridgehead atoms. The Morgan fingerprint density at radius 2 is 2.18 bits per heavy atom. The van der Waals surface area contributed by atoms with Gasteiger partial charge >= 0.3 is 0 Å². The second-order valence-corrected chi connectivity index (χ2v) is 3.80. The second-order valence-electron chi connectivity index (χ2n) is 1.99. The standard InChI is InChI=1S/C6H6BrF2NS/c7-3-1-2-11-5(3)4(10)6(8)9/h1-2,4,6H,10H2/t4-/m1/s1. The Bertz CT molecular complexity index is 238. The van der Waals surface area contributed by atoms with Crippen LogP contribution in [0.5, 0.6) is 0 Å². The van der Waals surface area contributed by atoms with Crippen molar-refractivity contribution < 1.29 is 8.78 Å². The molecular weight excluding hydrogens is 236 g/mol. The lowest BCUT2D eigenvalue weighted by Crippen LogP contribution is -2.17. The maximum atomic E-state index is 12.0. The first-order chi connectivity index (χ1) is 5.13. The molecule has 0 aliphatic rings. The van der Waals surface area contributed by atoms with E-state index >= 15 is 0 Å². The van der Waals surface area contributed by atoms with Gasteiger partial charge in [0.2, 0.25) is 0 Å². The maximum Gasteiger partial charge on any atom is 0.258 e. The molecule has 0 aliphatic heterocycles. The molecule has 1 rings (SSSR count). The zero-order valence-electron chi connectivity index (χ0n) is 5.43. The second kappa shape index (κ2) is 3.60. The molecule has 1 heterocycles. The van der Waals surface area contributed by atoms with Crippen molar-refractivity contribution in [1.29, 1.82) is 0 Å². The molecule has 62 valence electrons. The Morgan fingerprint density at radius 3 is 2.55 bits per heavy atom. The minimum Gasteiger partial charge on any atom is -0.319 e. The Kier molecular flexibility index (Phi) is 2.98. The minimum absolute atomic E-state index is 0.500. The van der Waals surface area contributed by atoms with Crippen molar-refractivity contribution in [2.45, 2.75) is 12.5 Å². The largest absolute Gasteiger partial charge is 0.319 e. The molecule has 0 aliphatic carbocycles. The summed E-state index contributed by atoms with van der Waals surface area (Å²) in [7, 11) is 0.